The lowest BCUT2D eigenvalue weighted by atomic mass is 10.2. The standard InChI is InChI=1S/C19H20N2O5/c22-19(21-11-13-1-3-16-17(9-13)26-12-25-16)5-6-20-14-2-4-15-18(10-14)24-8-7-23-15/h1-4,9-10,20H,5-8,11-12H2,(H,21,22). The number of ether oxygens (including phenoxy) is 4. The molecule has 2 N–H and O–H groups in total. The second-order valence-electron chi connectivity index (χ2n) is 6.00. The number of hydrogen-bond acceptors (Lipinski definition) is 6. The average Bonchev–Trinajstić information content (AvgIpc) is 3.14. The molecule has 2 aromatic rings. The van der Waals surface area contributed by atoms with E-state index in [-0.39, 0.29) is 12.7 Å². The molecule has 0 bridgehead atoms. The molecule has 0 saturated carbocycles. The number of hydrogen-bond donors (Lipinski definition) is 2. The van der Waals surface area contributed by atoms with Crippen molar-refractivity contribution in [2.45, 2.75) is 13.0 Å². The third kappa shape index (κ3) is 3.77. The van der Waals surface area contributed by atoms with Gasteiger partial charge in [0.05, 0.1) is 0 Å². The minimum absolute atomic E-state index is 0.0206. The molecule has 1 amide bonds. The molecular weight excluding hydrogens is 336 g/mol. The molecule has 136 valence electrons. The second kappa shape index (κ2) is 7.43. The Balaban J connectivity index is 1.22. The number of carbonyl (C=O) groups excluding carboxylic acids is 1. The molecule has 2 heterocycles. The lowest BCUT2D eigenvalue weighted by molar-refractivity contribution is -0.121. The molecule has 0 atom stereocenters. The zero-order valence-corrected chi connectivity index (χ0v) is 14.2. The molecule has 26 heavy (non-hydrogen) atoms. The van der Waals surface area contributed by atoms with Crippen LogP contribution in [-0.4, -0.2) is 32.5 Å². The van der Waals surface area contributed by atoms with Crippen LogP contribution in [0.5, 0.6) is 23.0 Å². The van der Waals surface area contributed by atoms with Crippen LogP contribution in [0.15, 0.2) is 36.4 Å². The highest BCUT2D eigenvalue weighted by Crippen LogP contribution is 2.33. The Morgan fingerprint density at radius 2 is 1.62 bits per heavy atom. The maximum absolute atomic E-state index is 12.0. The number of fused-ring (bicyclic) bond motifs is 2. The first-order valence-corrected chi connectivity index (χ1v) is 8.57. The summed E-state index contributed by atoms with van der Waals surface area (Å²) in [4.78, 5) is 12.0. The van der Waals surface area contributed by atoms with E-state index in [2.05, 4.69) is 10.6 Å². The van der Waals surface area contributed by atoms with Gasteiger partial charge in [-0.25, -0.2) is 0 Å². The smallest absolute Gasteiger partial charge is 0.231 e. The van der Waals surface area contributed by atoms with Gasteiger partial charge in [-0.1, -0.05) is 6.07 Å². The molecule has 4 rings (SSSR count). The highest BCUT2D eigenvalue weighted by Gasteiger charge is 2.14. The van der Waals surface area contributed by atoms with E-state index < -0.39 is 0 Å². The van der Waals surface area contributed by atoms with Crippen molar-refractivity contribution in [3.63, 3.8) is 0 Å². The maximum Gasteiger partial charge on any atom is 0.231 e. The Hall–Kier alpha value is -3.09. The van der Waals surface area contributed by atoms with Crippen molar-refractivity contribution < 1.29 is 23.7 Å². The van der Waals surface area contributed by atoms with E-state index in [9.17, 15) is 4.79 Å². The average molecular weight is 356 g/mol. The number of rotatable bonds is 6. The molecule has 0 fully saturated rings. The summed E-state index contributed by atoms with van der Waals surface area (Å²) in [5.41, 5.74) is 1.88. The fraction of sp³-hybridized carbons (Fsp3) is 0.316. The Morgan fingerprint density at radius 3 is 2.54 bits per heavy atom. The number of anilines is 1. The summed E-state index contributed by atoms with van der Waals surface area (Å²) in [6.45, 7) is 2.37. The van der Waals surface area contributed by atoms with E-state index in [4.69, 9.17) is 18.9 Å². The van der Waals surface area contributed by atoms with Crippen LogP contribution in [0.2, 0.25) is 0 Å². The molecule has 7 heteroatoms. The summed E-state index contributed by atoms with van der Waals surface area (Å²) in [6, 6.07) is 11.3. The van der Waals surface area contributed by atoms with Crippen LogP contribution in [0.1, 0.15) is 12.0 Å². The molecule has 0 spiro atoms. The van der Waals surface area contributed by atoms with E-state index in [1.165, 1.54) is 0 Å². The Bertz CT molecular complexity index is 809. The largest absolute Gasteiger partial charge is 0.486 e. The molecule has 7 nitrogen and oxygen atoms in total. The van der Waals surface area contributed by atoms with Crippen LogP contribution < -0.4 is 29.6 Å². The van der Waals surface area contributed by atoms with Gasteiger partial charge in [-0.15, -0.1) is 0 Å². The van der Waals surface area contributed by atoms with Crippen LogP contribution in [0.4, 0.5) is 5.69 Å². The summed E-state index contributed by atoms with van der Waals surface area (Å²) >= 11 is 0. The summed E-state index contributed by atoms with van der Waals surface area (Å²) in [5.74, 6) is 2.92. The van der Waals surface area contributed by atoms with Gasteiger partial charge in [0.25, 0.3) is 0 Å². The minimum atomic E-state index is -0.0206. The third-order valence-corrected chi connectivity index (χ3v) is 4.15. The van der Waals surface area contributed by atoms with Crippen molar-refractivity contribution in [2.24, 2.45) is 0 Å². The number of nitrogens with one attached hydrogen (secondary N) is 2. The van der Waals surface area contributed by atoms with E-state index in [0.717, 1.165) is 34.2 Å². The molecular formula is C19H20N2O5. The SMILES string of the molecule is O=C(CCNc1ccc2c(c1)OCCO2)NCc1ccc2c(c1)OCO2. The molecule has 2 aliphatic heterocycles. The van der Waals surface area contributed by atoms with Gasteiger partial charge in [-0.3, -0.25) is 4.79 Å². The third-order valence-electron chi connectivity index (χ3n) is 4.15. The number of benzene rings is 2. The Kier molecular flexibility index (Phi) is 4.68. The molecule has 0 unspecified atom stereocenters. The lowest BCUT2D eigenvalue weighted by Crippen LogP contribution is -2.24. The monoisotopic (exact) mass is 356 g/mol. The normalized spacial score (nSPS) is 14.0. The summed E-state index contributed by atoms with van der Waals surface area (Å²) in [7, 11) is 0. The zero-order chi connectivity index (χ0) is 17.8. The van der Waals surface area contributed by atoms with Gasteiger partial charge in [-0.2, -0.15) is 0 Å². The van der Waals surface area contributed by atoms with Crippen LogP contribution in [0, 0.1) is 0 Å². The van der Waals surface area contributed by atoms with Gasteiger partial charge in [0.15, 0.2) is 23.0 Å². The van der Waals surface area contributed by atoms with E-state index in [1.807, 2.05) is 36.4 Å². The van der Waals surface area contributed by atoms with Gasteiger partial charge < -0.3 is 29.6 Å². The van der Waals surface area contributed by atoms with Gasteiger partial charge in [-0.05, 0) is 29.8 Å². The quantitative estimate of drug-likeness (QED) is 0.827. The highest BCUT2D eigenvalue weighted by molar-refractivity contribution is 5.76. The minimum Gasteiger partial charge on any atom is -0.486 e. The predicted octanol–water partition coefficient (Wildman–Crippen LogP) is 2.30. The van der Waals surface area contributed by atoms with Crippen molar-refractivity contribution in [1.82, 2.24) is 5.32 Å². The maximum atomic E-state index is 12.0. The Morgan fingerprint density at radius 1 is 0.885 bits per heavy atom. The van der Waals surface area contributed by atoms with Crippen LogP contribution in [-0.2, 0) is 11.3 Å². The van der Waals surface area contributed by atoms with Crippen molar-refractivity contribution >= 4 is 11.6 Å². The summed E-state index contributed by atoms with van der Waals surface area (Å²) in [6.07, 6.45) is 0.374. The predicted molar refractivity (Wildman–Crippen MR) is 95.0 cm³/mol. The molecule has 0 radical (unpaired) electrons. The molecule has 2 aromatic carbocycles. The van der Waals surface area contributed by atoms with Crippen molar-refractivity contribution in [1.29, 1.82) is 0 Å². The van der Waals surface area contributed by atoms with Crippen LogP contribution >= 0.6 is 0 Å². The highest BCUT2D eigenvalue weighted by atomic mass is 16.7. The van der Waals surface area contributed by atoms with Gasteiger partial charge in [0.1, 0.15) is 13.2 Å². The topological polar surface area (TPSA) is 78.1 Å². The molecule has 0 aliphatic carbocycles. The van der Waals surface area contributed by atoms with Crippen LogP contribution in [0.3, 0.4) is 0 Å². The first-order chi connectivity index (χ1) is 12.8. The molecule has 2 aliphatic rings. The number of amides is 1. The van der Waals surface area contributed by atoms with E-state index in [1.54, 1.807) is 0 Å². The van der Waals surface area contributed by atoms with Gasteiger partial charge in [0, 0.05) is 31.3 Å². The van der Waals surface area contributed by atoms with E-state index in [0.29, 0.717) is 32.7 Å². The first-order valence-electron chi connectivity index (χ1n) is 8.57. The van der Waals surface area contributed by atoms with E-state index >= 15 is 0 Å². The molecule has 0 saturated heterocycles. The molecule has 0 aromatic heterocycles. The zero-order valence-electron chi connectivity index (χ0n) is 14.2. The fourth-order valence-corrected chi connectivity index (χ4v) is 2.81. The number of carbonyl (C=O) groups is 1. The Labute approximate surface area is 151 Å². The summed E-state index contributed by atoms with van der Waals surface area (Å²) < 4.78 is 21.6. The first kappa shape index (κ1) is 16.4. The van der Waals surface area contributed by atoms with Crippen LogP contribution in [0.25, 0.3) is 0 Å². The van der Waals surface area contributed by atoms with Crippen molar-refractivity contribution in [3.05, 3.63) is 42.0 Å². The lowest BCUT2D eigenvalue weighted by Gasteiger charge is -2.19. The van der Waals surface area contributed by atoms with Gasteiger partial charge in [0.2, 0.25) is 12.7 Å². The summed E-state index contributed by atoms with van der Waals surface area (Å²) in [5, 5.41) is 6.13. The second-order valence-corrected chi connectivity index (χ2v) is 6.00. The fourth-order valence-electron chi connectivity index (χ4n) is 2.81. The van der Waals surface area contributed by atoms with Gasteiger partial charge >= 0.3 is 0 Å². The van der Waals surface area contributed by atoms with Crippen molar-refractivity contribution in [3.8, 4) is 23.0 Å². The van der Waals surface area contributed by atoms with Crippen molar-refractivity contribution in [2.75, 3.05) is 31.9 Å².